The van der Waals surface area contributed by atoms with Gasteiger partial charge in [-0.1, -0.05) is 12.1 Å². The molecule has 0 N–H and O–H groups in total. The fourth-order valence-corrected chi connectivity index (χ4v) is 2.91. The number of carbonyl (C=O) groups excluding carboxylic acids is 2. The number of fused-ring (bicyclic) bond motifs is 1. The quantitative estimate of drug-likeness (QED) is 0.740. The summed E-state index contributed by atoms with van der Waals surface area (Å²) >= 11 is 0. The van der Waals surface area contributed by atoms with Crippen LogP contribution in [-0.4, -0.2) is 49.1 Å². The first kappa shape index (κ1) is 13.1. The van der Waals surface area contributed by atoms with Gasteiger partial charge in [-0.2, -0.15) is 5.06 Å². The van der Waals surface area contributed by atoms with E-state index in [1.54, 1.807) is 19.2 Å². The lowest BCUT2D eigenvalue weighted by Gasteiger charge is -2.22. The molecule has 6 nitrogen and oxygen atoms in total. The molecule has 20 heavy (non-hydrogen) atoms. The van der Waals surface area contributed by atoms with Crippen molar-refractivity contribution in [3.05, 3.63) is 29.8 Å². The van der Waals surface area contributed by atoms with E-state index in [9.17, 15) is 9.59 Å². The number of nitrogens with zero attached hydrogens (tertiary/aromatic N) is 2. The average Bonchev–Trinajstić information content (AvgIpc) is 2.90. The van der Waals surface area contributed by atoms with Crippen molar-refractivity contribution in [2.45, 2.75) is 12.1 Å². The molecule has 0 unspecified atom stereocenters. The SMILES string of the molecule is COc1ccc([C@@H]2[C@@H]3C(=O)N(C)C(=O)[C@@H]3ON2C)cc1. The molecule has 0 spiro atoms. The zero-order valence-corrected chi connectivity index (χ0v) is 11.6. The third-order valence-corrected chi connectivity index (χ3v) is 3.98. The zero-order valence-electron chi connectivity index (χ0n) is 11.6. The maximum absolute atomic E-state index is 12.2. The average molecular weight is 276 g/mol. The van der Waals surface area contributed by atoms with Gasteiger partial charge in [-0.15, -0.1) is 0 Å². The lowest BCUT2D eigenvalue weighted by molar-refractivity contribution is -0.168. The maximum atomic E-state index is 12.2. The maximum Gasteiger partial charge on any atom is 0.261 e. The van der Waals surface area contributed by atoms with Gasteiger partial charge in [0.25, 0.3) is 5.91 Å². The molecule has 0 aliphatic carbocycles. The number of methoxy groups -OCH3 is 1. The number of rotatable bonds is 2. The molecule has 0 bridgehead atoms. The highest BCUT2D eigenvalue weighted by atomic mass is 16.7. The Bertz CT molecular complexity index is 557. The van der Waals surface area contributed by atoms with Gasteiger partial charge in [-0.05, 0) is 17.7 Å². The summed E-state index contributed by atoms with van der Waals surface area (Å²) in [5, 5.41) is 1.60. The summed E-state index contributed by atoms with van der Waals surface area (Å²) in [4.78, 5) is 30.9. The van der Waals surface area contributed by atoms with Crippen LogP contribution in [0.25, 0.3) is 0 Å². The first-order valence-corrected chi connectivity index (χ1v) is 6.39. The number of imide groups is 1. The second-order valence-electron chi connectivity index (χ2n) is 5.05. The highest BCUT2D eigenvalue weighted by Gasteiger charge is 2.57. The highest BCUT2D eigenvalue weighted by Crippen LogP contribution is 2.43. The number of hydrogen-bond acceptors (Lipinski definition) is 5. The van der Waals surface area contributed by atoms with Gasteiger partial charge in [0.1, 0.15) is 5.75 Å². The Labute approximate surface area is 116 Å². The van der Waals surface area contributed by atoms with Crippen LogP contribution in [-0.2, 0) is 14.4 Å². The van der Waals surface area contributed by atoms with E-state index in [-0.39, 0.29) is 17.9 Å². The number of amides is 2. The van der Waals surface area contributed by atoms with Crippen LogP contribution in [0.15, 0.2) is 24.3 Å². The lowest BCUT2D eigenvalue weighted by atomic mass is 9.91. The van der Waals surface area contributed by atoms with Gasteiger partial charge in [0.15, 0.2) is 6.10 Å². The second-order valence-corrected chi connectivity index (χ2v) is 5.05. The highest BCUT2D eigenvalue weighted by molar-refractivity contribution is 6.07. The van der Waals surface area contributed by atoms with Crippen LogP contribution in [0.3, 0.4) is 0 Å². The largest absolute Gasteiger partial charge is 0.497 e. The number of likely N-dealkylation sites (N-methyl/N-ethyl adjacent to an activating group) is 1. The number of ether oxygens (including phenoxy) is 1. The van der Waals surface area contributed by atoms with E-state index in [1.165, 1.54) is 7.05 Å². The van der Waals surface area contributed by atoms with Crippen LogP contribution in [0.4, 0.5) is 0 Å². The summed E-state index contributed by atoms with van der Waals surface area (Å²) in [7, 11) is 4.84. The van der Waals surface area contributed by atoms with Gasteiger partial charge in [0, 0.05) is 14.1 Å². The Balaban J connectivity index is 1.96. The third kappa shape index (κ3) is 1.72. The monoisotopic (exact) mass is 276 g/mol. The molecule has 2 amide bonds. The molecule has 3 atom stereocenters. The minimum atomic E-state index is -0.704. The number of likely N-dealkylation sites (tertiary alicyclic amines) is 1. The van der Waals surface area contributed by atoms with Crippen molar-refractivity contribution in [3.63, 3.8) is 0 Å². The van der Waals surface area contributed by atoms with E-state index in [1.807, 2.05) is 24.3 Å². The van der Waals surface area contributed by atoms with Gasteiger partial charge >= 0.3 is 0 Å². The minimum Gasteiger partial charge on any atom is -0.497 e. The molecule has 2 aliphatic rings. The van der Waals surface area contributed by atoms with Gasteiger partial charge in [-0.25, -0.2) is 0 Å². The molecule has 3 rings (SSSR count). The van der Waals surface area contributed by atoms with E-state index in [0.29, 0.717) is 0 Å². The summed E-state index contributed by atoms with van der Waals surface area (Å²) < 4.78 is 5.13. The van der Waals surface area contributed by atoms with Crippen LogP contribution >= 0.6 is 0 Å². The fraction of sp³-hybridized carbons (Fsp3) is 0.429. The smallest absolute Gasteiger partial charge is 0.261 e. The number of hydroxylamine groups is 2. The van der Waals surface area contributed by atoms with E-state index in [4.69, 9.17) is 9.57 Å². The predicted octanol–water partition coefficient (Wildman–Crippen LogP) is 0.597. The van der Waals surface area contributed by atoms with Crippen molar-refractivity contribution in [3.8, 4) is 5.75 Å². The van der Waals surface area contributed by atoms with Gasteiger partial charge < -0.3 is 4.74 Å². The van der Waals surface area contributed by atoms with Crippen LogP contribution in [0.5, 0.6) is 5.75 Å². The number of hydrogen-bond donors (Lipinski definition) is 0. The first-order chi connectivity index (χ1) is 9.54. The molecule has 0 saturated carbocycles. The Hall–Kier alpha value is -1.92. The van der Waals surface area contributed by atoms with Gasteiger partial charge in [-0.3, -0.25) is 19.3 Å². The van der Waals surface area contributed by atoms with Crippen LogP contribution in [0.1, 0.15) is 11.6 Å². The minimum absolute atomic E-state index is 0.190. The molecule has 6 heteroatoms. The molecule has 2 fully saturated rings. The normalized spacial score (nSPS) is 29.9. The van der Waals surface area contributed by atoms with Crippen molar-refractivity contribution in [1.82, 2.24) is 9.96 Å². The van der Waals surface area contributed by atoms with E-state index in [2.05, 4.69) is 0 Å². The summed E-state index contributed by atoms with van der Waals surface area (Å²) in [5.41, 5.74) is 0.928. The molecule has 106 valence electrons. The molecule has 2 saturated heterocycles. The molecular weight excluding hydrogens is 260 g/mol. The van der Waals surface area contributed by atoms with Crippen LogP contribution < -0.4 is 4.74 Å². The zero-order chi connectivity index (χ0) is 14.4. The van der Waals surface area contributed by atoms with Crippen molar-refractivity contribution in [2.75, 3.05) is 21.2 Å². The molecule has 2 heterocycles. The van der Waals surface area contributed by atoms with E-state index < -0.39 is 12.0 Å². The predicted molar refractivity (Wildman–Crippen MR) is 69.6 cm³/mol. The molecular formula is C14H16N2O4. The molecule has 1 aromatic rings. The Kier molecular flexibility index (Phi) is 2.99. The molecule has 0 aromatic heterocycles. The Morgan fingerprint density at radius 2 is 1.75 bits per heavy atom. The van der Waals surface area contributed by atoms with Crippen LogP contribution in [0.2, 0.25) is 0 Å². The Morgan fingerprint density at radius 1 is 1.10 bits per heavy atom. The van der Waals surface area contributed by atoms with E-state index >= 15 is 0 Å². The van der Waals surface area contributed by atoms with Gasteiger partial charge in [0.05, 0.1) is 19.1 Å². The molecule has 1 aromatic carbocycles. The molecule has 0 radical (unpaired) electrons. The van der Waals surface area contributed by atoms with Gasteiger partial charge in [0.2, 0.25) is 5.91 Å². The topological polar surface area (TPSA) is 59.1 Å². The second kappa shape index (κ2) is 4.57. The molecule has 2 aliphatic heterocycles. The van der Waals surface area contributed by atoms with Crippen LogP contribution in [0, 0.1) is 5.92 Å². The van der Waals surface area contributed by atoms with Crippen molar-refractivity contribution >= 4 is 11.8 Å². The fourth-order valence-electron chi connectivity index (χ4n) is 2.91. The van der Waals surface area contributed by atoms with E-state index in [0.717, 1.165) is 16.2 Å². The number of benzene rings is 1. The Morgan fingerprint density at radius 3 is 2.35 bits per heavy atom. The van der Waals surface area contributed by atoms with Crippen molar-refractivity contribution in [2.24, 2.45) is 5.92 Å². The first-order valence-electron chi connectivity index (χ1n) is 6.39. The standard InChI is InChI=1S/C14H16N2O4/c1-15-13(17)10-11(16(2)20-12(10)14(15)18)8-4-6-9(19-3)7-5-8/h4-7,10-12H,1-3H3/t10-,11+,12+/m0/s1. The number of carbonyl (C=O) groups is 2. The van der Waals surface area contributed by atoms with Crippen molar-refractivity contribution < 1.29 is 19.2 Å². The summed E-state index contributed by atoms with van der Waals surface area (Å²) in [6.45, 7) is 0. The van der Waals surface area contributed by atoms with Crippen molar-refractivity contribution in [1.29, 1.82) is 0 Å². The summed E-state index contributed by atoms with van der Waals surface area (Å²) in [6, 6.07) is 7.19. The summed E-state index contributed by atoms with van der Waals surface area (Å²) in [5.74, 6) is -0.197. The lowest BCUT2D eigenvalue weighted by Crippen LogP contribution is -2.33. The summed E-state index contributed by atoms with van der Waals surface area (Å²) in [6.07, 6.45) is -0.704. The third-order valence-electron chi connectivity index (χ3n) is 3.98.